The summed E-state index contributed by atoms with van der Waals surface area (Å²) >= 11 is 6.11. The summed E-state index contributed by atoms with van der Waals surface area (Å²) < 4.78 is 0. The average Bonchev–Trinajstić information content (AvgIpc) is 2.96. The van der Waals surface area contributed by atoms with Gasteiger partial charge < -0.3 is 10.2 Å². The third-order valence-corrected chi connectivity index (χ3v) is 5.46. The molecule has 144 valence electrons. The molecule has 7 heteroatoms. The average molecular weight is 398 g/mol. The number of amides is 3. The molecule has 2 aromatic rings. The van der Waals surface area contributed by atoms with Crippen molar-refractivity contribution >= 4 is 29.3 Å². The van der Waals surface area contributed by atoms with Gasteiger partial charge in [-0.2, -0.15) is 0 Å². The van der Waals surface area contributed by atoms with Crippen LogP contribution in [-0.4, -0.2) is 53.7 Å². The number of rotatable bonds is 4. The van der Waals surface area contributed by atoms with Gasteiger partial charge in [0.2, 0.25) is 5.91 Å². The zero-order valence-corrected chi connectivity index (χ0v) is 16.0. The molecule has 0 spiro atoms. The highest BCUT2D eigenvalue weighted by atomic mass is 35.5. The van der Waals surface area contributed by atoms with Crippen LogP contribution in [0, 0.1) is 0 Å². The Bertz CT molecular complexity index is 911. The lowest BCUT2D eigenvalue weighted by atomic mass is 10.0. The van der Waals surface area contributed by atoms with Crippen molar-refractivity contribution in [1.29, 1.82) is 0 Å². The second-order valence-electron chi connectivity index (χ2n) is 6.92. The molecule has 2 aliphatic rings. The molecule has 1 N–H and O–H groups in total. The molecular formula is C21H20ClN3O3. The summed E-state index contributed by atoms with van der Waals surface area (Å²) in [5.41, 5.74) is 1.77. The summed E-state index contributed by atoms with van der Waals surface area (Å²) in [7, 11) is 0. The van der Waals surface area contributed by atoms with Crippen LogP contribution in [0.5, 0.6) is 0 Å². The van der Waals surface area contributed by atoms with Gasteiger partial charge in [0.05, 0.1) is 17.2 Å². The Hall–Kier alpha value is -2.70. The largest absolute Gasteiger partial charge is 0.333 e. The molecule has 0 radical (unpaired) electrons. The Morgan fingerprint density at radius 1 is 1.07 bits per heavy atom. The van der Waals surface area contributed by atoms with Gasteiger partial charge in [0.15, 0.2) is 0 Å². The molecule has 0 aromatic heterocycles. The van der Waals surface area contributed by atoms with E-state index < -0.39 is 0 Å². The van der Waals surface area contributed by atoms with Gasteiger partial charge in [0.1, 0.15) is 0 Å². The molecule has 2 aliphatic heterocycles. The van der Waals surface area contributed by atoms with Crippen molar-refractivity contribution in [2.24, 2.45) is 0 Å². The first-order valence-corrected chi connectivity index (χ1v) is 9.65. The predicted octanol–water partition coefficient (Wildman–Crippen LogP) is 2.50. The van der Waals surface area contributed by atoms with E-state index in [1.165, 1.54) is 4.90 Å². The molecule has 0 aliphatic carbocycles. The maximum absolute atomic E-state index is 12.9. The third-order valence-electron chi connectivity index (χ3n) is 5.22. The first-order valence-electron chi connectivity index (χ1n) is 9.27. The van der Waals surface area contributed by atoms with E-state index >= 15 is 0 Å². The fourth-order valence-corrected chi connectivity index (χ4v) is 4.01. The van der Waals surface area contributed by atoms with Crippen LogP contribution in [-0.2, 0) is 4.79 Å². The maximum Gasteiger partial charge on any atom is 0.261 e. The van der Waals surface area contributed by atoms with Crippen molar-refractivity contribution < 1.29 is 14.4 Å². The molecule has 28 heavy (non-hydrogen) atoms. The molecule has 1 unspecified atom stereocenters. The molecule has 2 aromatic carbocycles. The van der Waals surface area contributed by atoms with Crippen molar-refractivity contribution in [2.75, 3.05) is 26.2 Å². The molecule has 6 nitrogen and oxygen atoms in total. The Morgan fingerprint density at radius 3 is 2.46 bits per heavy atom. The topological polar surface area (TPSA) is 69.7 Å². The van der Waals surface area contributed by atoms with Gasteiger partial charge in [0.25, 0.3) is 11.8 Å². The molecule has 1 fully saturated rings. The molecule has 3 amide bonds. The third kappa shape index (κ3) is 3.41. The Kier molecular flexibility index (Phi) is 5.15. The number of nitrogens with zero attached hydrogens (tertiary/aromatic N) is 2. The summed E-state index contributed by atoms with van der Waals surface area (Å²) in [6, 6.07) is 14.1. The number of benzene rings is 2. The van der Waals surface area contributed by atoms with Gasteiger partial charge >= 0.3 is 0 Å². The zero-order valence-electron chi connectivity index (χ0n) is 15.2. The lowest BCUT2D eigenvalue weighted by Gasteiger charge is -2.37. The fourth-order valence-electron chi connectivity index (χ4n) is 3.81. The van der Waals surface area contributed by atoms with Crippen LogP contribution in [0.15, 0.2) is 48.5 Å². The van der Waals surface area contributed by atoms with Gasteiger partial charge in [-0.05, 0) is 29.8 Å². The minimum atomic E-state index is -0.333. The van der Waals surface area contributed by atoms with Crippen LogP contribution in [0.25, 0.3) is 0 Å². The van der Waals surface area contributed by atoms with Crippen LogP contribution in [0.4, 0.5) is 0 Å². The molecule has 1 saturated heterocycles. The highest BCUT2D eigenvalue weighted by molar-refractivity contribution is 6.30. The number of piperazine rings is 1. The quantitative estimate of drug-likeness (QED) is 0.805. The number of carbonyl (C=O) groups excluding carboxylic acids is 3. The number of imide groups is 1. The normalized spacial score (nSPS) is 19.1. The van der Waals surface area contributed by atoms with Crippen LogP contribution < -0.4 is 5.32 Å². The first-order chi connectivity index (χ1) is 13.6. The van der Waals surface area contributed by atoms with Gasteiger partial charge in [-0.1, -0.05) is 35.9 Å². The van der Waals surface area contributed by atoms with Crippen molar-refractivity contribution in [3.05, 3.63) is 70.2 Å². The standard InChI is InChI=1S/C21H20ClN3O3/c22-15-5-3-4-14(12-15)18-13-23-9-11-24(18)19(26)8-10-25-20(27)16-6-1-2-7-17(16)21(25)28/h1-7,12,18,23H,8-11,13H2. The molecule has 0 saturated carbocycles. The van der Waals surface area contributed by atoms with Gasteiger partial charge in [-0.25, -0.2) is 0 Å². The van der Waals surface area contributed by atoms with E-state index in [4.69, 9.17) is 11.6 Å². The monoisotopic (exact) mass is 397 g/mol. The predicted molar refractivity (Wildman–Crippen MR) is 105 cm³/mol. The van der Waals surface area contributed by atoms with Crippen molar-refractivity contribution in [1.82, 2.24) is 15.1 Å². The van der Waals surface area contributed by atoms with E-state index in [-0.39, 0.29) is 36.7 Å². The van der Waals surface area contributed by atoms with Crippen molar-refractivity contribution in [3.63, 3.8) is 0 Å². The minimum Gasteiger partial charge on any atom is -0.333 e. The molecule has 0 bridgehead atoms. The Morgan fingerprint density at radius 2 is 1.79 bits per heavy atom. The lowest BCUT2D eigenvalue weighted by Crippen LogP contribution is -2.49. The number of fused-ring (bicyclic) bond motifs is 1. The van der Waals surface area contributed by atoms with E-state index in [9.17, 15) is 14.4 Å². The summed E-state index contributed by atoms with van der Waals surface area (Å²) in [4.78, 5) is 40.8. The summed E-state index contributed by atoms with van der Waals surface area (Å²) in [5.74, 6) is -0.747. The second-order valence-corrected chi connectivity index (χ2v) is 7.36. The minimum absolute atomic E-state index is 0.0805. The summed E-state index contributed by atoms with van der Waals surface area (Å²) in [6.07, 6.45) is 0.0997. The highest BCUT2D eigenvalue weighted by Gasteiger charge is 2.36. The number of nitrogens with one attached hydrogen (secondary N) is 1. The number of halogens is 1. The zero-order chi connectivity index (χ0) is 19.7. The molecule has 4 rings (SSSR count). The fraction of sp³-hybridized carbons (Fsp3) is 0.286. The SMILES string of the molecule is O=C1c2ccccc2C(=O)N1CCC(=O)N1CCNCC1c1cccc(Cl)c1. The molecule has 2 heterocycles. The lowest BCUT2D eigenvalue weighted by molar-refractivity contribution is -0.134. The van der Waals surface area contributed by atoms with Gasteiger partial charge in [-0.15, -0.1) is 0 Å². The summed E-state index contributed by atoms with van der Waals surface area (Å²) in [6.45, 7) is 1.99. The van der Waals surface area contributed by atoms with E-state index in [1.54, 1.807) is 35.2 Å². The summed E-state index contributed by atoms with van der Waals surface area (Å²) in [5, 5.41) is 3.93. The number of carbonyl (C=O) groups is 3. The van der Waals surface area contributed by atoms with Crippen molar-refractivity contribution in [2.45, 2.75) is 12.5 Å². The number of hydrogen-bond donors (Lipinski definition) is 1. The van der Waals surface area contributed by atoms with Crippen molar-refractivity contribution in [3.8, 4) is 0 Å². The molecular weight excluding hydrogens is 378 g/mol. The second kappa shape index (κ2) is 7.73. The number of hydrogen-bond acceptors (Lipinski definition) is 4. The van der Waals surface area contributed by atoms with Gasteiger partial charge in [-0.3, -0.25) is 19.3 Å². The highest BCUT2D eigenvalue weighted by Crippen LogP contribution is 2.26. The van der Waals surface area contributed by atoms with Gasteiger partial charge in [0, 0.05) is 37.6 Å². The van der Waals surface area contributed by atoms with E-state index in [0.717, 1.165) is 5.56 Å². The van der Waals surface area contributed by atoms with Crippen LogP contribution in [0.2, 0.25) is 5.02 Å². The van der Waals surface area contributed by atoms with Crippen LogP contribution in [0.3, 0.4) is 0 Å². The smallest absolute Gasteiger partial charge is 0.261 e. The van der Waals surface area contributed by atoms with E-state index in [2.05, 4.69) is 5.32 Å². The van der Waals surface area contributed by atoms with E-state index in [1.807, 2.05) is 18.2 Å². The Labute approximate surface area is 168 Å². The van der Waals surface area contributed by atoms with E-state index in [0.29, 0.717) is 35.8 Å². The maximum atomic E-state index is 12.9. The van der Waals surface area contributed by atoms with Crippen LogP contribution >= 0.6 is 11.6 Å². The first kappa shape index (κ1) is 18.7. The molecule has 1 atom stereocenters. The van der Waals surface area contributed by atoms with Crippen LogP contribution in [0.1, 0.15) is 38.7 Å². The Balaban J connectivity index is 1.46.